The van der Waals surface area contributed by atoms with Crippen LogP contribution in [-0.2, 0) is 41.3 Å². The van der Waals surface area contributed by atoms with Crippen molar-refractivity contribution >= 4 is 40.8 Å². The van der Waals surface area contributed by atoms with Crippen LogP contribution in [-0.4, -0.2) is 50.9 Å². The van der Waals surface area contributed by atoms with Crippen LogP contribution >= 0.6 is 0 Å². The lowest BCUT2D eigenvalue weighted by Gasteiger charge is -2.17. The van der Waals surface area contributed by atoms with Gasteiger partial charge in [-0.15, -0.1) is 0 Å². The smallest absolute Gasteiger partial charge is 0.328 e. The van der Waals surface area contributed by atoms with Gasteiger partial charge in [0.1, 0.15) is 17.4 Å². The molecule has 3 amide bonds. The van der Waals surface area contributed by atoms with Gasteiger partial charge in [-0.2, -0.15) is 0 Å². The molecule has 4 rings (SSSR count). The lowest BCUT2D eigenvalue weighted by Crippen LogP contribution is -2.43. The second-order valence-corrected chi connectivity index (χ2v) is 9.79. The van der Waals surface area contributed by atoms with Crippen molar-refractivity contribution in [1.82, 2.24) is 14.5 Å². The Hall–Kier alpha value is -5.72. The lowest BCUT2D eigenvalue weighted by atomic mass is 10.1. The summed E-state index contributed by atoms with van der Waals surface area (Å²) >= 11 is 0. The van der Waals surface area contributed by atoms with Gasteiger partial charge in [-0.3, -0.25) is 24.5 Å². The summed E-state index contributed by atoms with van der Waals surface area (Å²) in [5, 5.41) is 19.2. The molecule has 0 saturated carbocycles. The molecule has 0 aliphatic heterocycles. The molecule has 1 atom stereocenters. The molecule has 0 spiro atoms. The average molecular weight is 587 g/mol. The first kappa shape index (κ1) is 30.2. The van der Waals surface area contributed by atoms with Gasteiger partial charge in [-0.05, 0) is 29.3 Å². The number of esters is 1. The van der Waals surface area contributed by atoms with E-state index in [-0.39, 0.29) is 35.8 Å². The largest absolute Gasteiger partial charge is 0.467 e. The third kappa shape index (κ3) is 7.73. The quantitative estimate of drug-likeness (QED) is 0.138. The third-order valence-corrected chi connectivity index (χ3v) is 6.58. The maximum Gasteiger partial charge on any atom is 0.328 e. The van der Waals surface area contributed by atoms with Crippen molar-refractivity contribution in [1.29, 1.82) is 0 Å². The van der Waals surface area contributed by atoms with Crippen molar-refractivity contribution in [2.24, 2.45) is 14.1 Å². The van der Waals surface area contributed by atoms with E-state index in [1.54, 1.807) is 31.3 Å². The molecule has 2 aromatic carbocycles. The van der Waals surface area contributed by atoms with Crippen molar-refractivity contribution in [3.05, 3.63) is 112 Å². The van der Waals surface area contributed by atoms with Gasteiger partial charge >= 0.3 is 5.97 Å². The molecule has 1 unspecified atom stereocenters. The van der Waals surface area contributed by atoms with E-state index in [0.29, 0.717) is 16.9 Å². The molecule has 2 heterocycles. The maximum absolute atomic E-state index is 13.0. The summed E-state index contributed by atoms with van der Waals surface area (Å²) in [4.78, 5) is 61.2. The summed E-state index contributed by atoms with van der Waals surface area (Å²) in [5.41, 5.74) is 2.34. The fourth-order valence-electron chi connectivity index (χ4n) is 4.50. The Bertz CT molecular complexity index is 1680. The molecular weight excluding hydrogens is 556 g/mol. The lowest BCUT2D eigenvalue weighted by molar-refractivity contribution is -0.384. The number of carbonyl (C=O) groups excluding carboxylic acids is 4. The van der Waals surface area contributed by atoms with E-state index in [9.17, 15) is 29.3 Å². The number of anilines is 2. The van der Waals surface area contributed by atoms with Gasteiger partial charge in [0.05, 0.1) is 30.3 Å². The Morgan fingerprint density at radius 3 is 2.12 bits per heavy atom. The molecule has 0 aliphatic carbocycles. The van der Waals surface area contributed by atoms with Crippen molar-refractivity contribution < 1.29 is 28.8 Å². The third-order valence-electron chi connectivity index (χ3n) is 6.58. The summed E-state index contributed by atoms with van der Waals surface area (Å²) in [5.74, 6) is -1.98. The predicted molar refractivity (Wildman–Crippen MR) is 158 cm³/mol. The second-order valence-electron chi connectivity index (χ2n) is 9.79. The number of nitrogens with one attached hydrogen (secondary N) is 3. The van der Waals surface area contributed by atoms with Gasteiger partial charge in [0.15, 0.2) is 0 Å². The van der Waals surface area contributed by atoms with E-state index in [4.69, 9.17) is 4.74 Å². The fraction of sp³-hybridized carbons (Fsp3) is 0.200. The minimum atomic E-state index is -0.855. The van der Waals surface area contributed by atoms with Crippen LogP contribution in [0.4, 0.5) is 17.1 Å². The molecule has 0 radical (unpaired) electrons. The Morgan fingerprint density at radius 2 is 1.47 bits per heavy atom. The SMILES string of the molecule is COC(=O)C(Cc1ccccc1)NC(=O)Cc1cccc(NC(=O)c2cc(NC(=O)c3cc([N+](=O)[O-])cn3C)cn2C)c1. The summed E-state index contributed by atoms with van der Waals surface area (Å²) in [6, 6.07) is 17.8. The van der Waals surface area contributed by atoms with E-state index in [0.717, 1.165) is 11.6 Å². The average Bonchev–Trinajstić information content (AvgIpc) is 3.55. The number of nitrogens with zero attached hydrogens (tertiary/aromatic N) is 3. The zero-order chi connectivity index (χ0) is 31.1. The summed E-state index contributed by atoms with van der Waals surface area (Å²) in [7, 11) is 4.41. The topological polar surface area (TPSA) is 167 Å². The molecule has 3 N–H and O–H groups in total. The van der Waals surface area contributed by atoms with Crippen LogP contribution in [0.25, 0.3) is 0 Å². The molecule has 0 fully saturated rings. The van der Waals surface area contributed by atoms with Crippen LogP contribution in [0.2, 0.25) is 0 Å². The minimum Gasteiger partial charge on any atom is -0.467 e. The number of ether oxygens (including phenoxy) is 1. The van der Waals surface area contributed by atoms with Crippen molar-refractivity contribution in [3.63, 3.8) is 0 Å². The highest BCUT2D eigenvalue weighted by molar-refractivity contribution is 6.07. The van der Waals surface area contributed by atoms with Gasteiger partial charge in [-0.25, -0.2) is 4.79 Å². The molecule has 2 aromatic heterocycles. The number of aryl methyl sites for hydroxylation is 2. The summed E-state index contributed by atoms with van der Waals surface area (Å²) in [6.07, 6.45) is 3.01. The summed E-state index contributed by atoms with van der Waals surface area (Å²) in [6.45, 7) is 0. The molecule has 4 aromatic rings. The van der Waals surface area contributed by atoms with E-state index < -0.39 is 28.7 Å². The molecule has 222 valence electrons. The Balaban J connectivity index is 1.38. The molecular formula is C30H30N6O7. The highest BCUT2D eigenvalue weighted by Crippen LogP contribution is 2.20. The zero-order valence-corrected chi connectivity index (χ0v) is 23.7. The Morgan fingerprint density at radius 1 is 0.837 bits per heavy atom. The summed E-state index contributed by atoms with van der Waals surface area (Å²) < 4.78 is 7.73. The maximum atomic E-state index is 13.0. The van der Waals surface area contributed by atoms with Crippen molar-refractivity contribution in [2.75, 3.05) is 17.7 Å². The van der Waals surface area contributed by atoms with Crippen LogP contribution in [0.5, 0.6) is 0 Å². The standard InChI is InChI=1S/C30H30N6O7/c1-34-17-22(32-29(39)26-16-23(36(41)42)18-35(26)2)15-25(34)28(38)31-21-11-7-10-20(12-21)14-27(37)33-24(30(40)43-3)13-19-8-5-4-6-9-19/h4-12,15-18,24H,13-14H2,1-3H3,(H,31,38)(H,32,39)(H,33,37). The highest BCUT2D eigenvalue weighted by Gasteiger charge is 2.23. The van der Waals surface area contributed by atoms with Gasteiger partial charge < -0.3 is 29.8 Å². The van der Waals surface area contributed by atoms with Crippen LogP contribution in [0.15, 0.2) is 79.1 Å². The minimum absolute atomic E-state index is 0.0381. The van der Waals surface area contributed by atoms with Crippen molar-refractivity contribution in [2.45, 2.75) is 18.9 Å². The van der Waals surface area contributed by atoms with E-state index >= 15 is 0 Å². The molecule has 0 saturated heterocycles. The number of aromatic nitrogens is 2. The number of hydrogen-bond acceptors (Lipinski definition) is 7. The monoisotopic (exact) mass is 586 g/mol. The van der Waals surface area contributed by atoms with E-state index in [2.05, 4.69) is 16.0 Å². The van der Waals surface area contributed by atoms with Crippen LogP contribution in [0, 0.1) is 10.1 Å². The van der Waals surface area contributed by atoms with Gasteiger partial charge in [0.2, 0.25) is 5.91 Å². The van der Waals surface area contributed by atoms with Crippen molar-refractivity contribution in [3.8, 4) is 0 Å². The number of benzene rings is 2. The molecule has 0 aliphatic rings. The molecule has 0 bridgehead atoms. The first-order valence-corrected chi connectivity index (χ1v) is 13.1. The van der Waals surface area contributed by atoms with Gasteiger partial charge in [0.25, 0.3) is 17.5 Å². The first-order chi connectivity index (χ1) is 20.5. The number of carbonyl (C=O) groups is 4. The van der Waals surface area contributed by atoms with Crippen LogP contribution in [0.1, 0.15) is 32.1 Å². The molecule has 43 heavy (non-hydrogen) atoms. The Labute approximate surface area is 246 Å². The van der Waals surface area contributed by atoms with Gasteiger partial charge in [-0.1, -0.05) is 42.5 Å². The fourth-order valence-corrected chi connectivity index (χ4v) is 4.50. The van der Waals surface area contributed by atoms with Crippen LogP contribution in [0.3, 0.4) is 0 Å². The predicted octanol–water partition coefficient (Wildman–Crippen LogP) is 3.22. The normalized spacial score (nSPS) is 11.3. The van der Waals surface area contributed by atoms with Crippen LogP contribution < -0.4 is 16.0 Å². The first-order valence-electron chi connectivity index (χ1n) is 13.1. The zero-order valence-electron chi connectivity index (χ0n) is 23.7. The number of nitro groups is 1. The van der Waals surface area contributed by atoms with E-state index in [1.807, 2.05) is 30.3 Å². The molecule has 13 nitrogen and oxygen atoms in total. The number of rotatable bonds is 11. The number of amides is 3. The number of hydrogen-bond donors (Lipinski definition) is 3. The second kappa shape index (κ2) is 13.3. The van der Waals surface area contributed by atoms with E-state index in [1.165, 1.54) is 41.8 Å². The highest BCUT2D eigenvalue weighted by atomic mass is 16.6. The van der Waals surface area contributed by atoms with Gasteiger partial charge in [0, 0.05) is 38.5 Å². The number of methoxy groups -OCH3 is 1. The Kier molecular flexibility index (Phi) is 9.35. The molecule has 13 heteroatoms.